The quantitative estimate of drug-likeness (QED) is 0.828. The van der Waals surface area contributed by atoms with Gasteiger partial charge in [-0.25, -0.2) is 9.18 Å². The number of alkyl carbamates (subject to hydrolysis) is 1. The summed E-state index contributed by atoms with van der Waals surface area (Å²) in [4.78, 5) is 25.3. The maximum absolute atomic E-state index is 14.7. The molecule has 1 atom stereocenters. The third-order valence-electron chi connectivity index (χ3n) is 4.82. The number of hydrogen-bond acceptors (Lipinski definition) is 4. The highest BCUT2D eigenvalue weighted by Crippen LogP contribution is 2.33. The average Bonchev–Trinajstić information content (AvgIpc) is 2.94. The number of amides is 2. The fraction of sp³-hybridized carbons (Fsp3) is 0.348. The number of nitriles is 1. The van der Waals surface area contributed by atoms with E-state index < -0.39 is 23.6 Å². The lowest BCUT2D eigenvalue weighted by Crippen LogP contribution is -2.39. The van der Waals surface area contributed by atoms with Crippen molar-refractivity contribution in [2.24, 2.45) is 0 Å². The van der Waals surface area contributed by atoms with Gasteiger partial charge in [-0.05, 0) is 55.2 Å². The molecular formula is C23H24FN3O3. The number of likely N-dealkylation sites (N-methyl/N-ethyl adjacent to an activating group) is 1. The van der Waals surface area contributed by atoms with Gasteiger partial charge in [-0.15, -0.1) is 0 Å². The van der Waals surface area contributed by atoms with Gasteiger partial charge >= 0.3 is 6.09 Å². The molecule has 7 heteroatoms. The molecule has 6 nitrogen and oxygen atoms in total. The monoisotopic (exact) mass is 409 g/mol. The third-order valence-corrected chi connectivity index (χ3v) is 4.82. The van der Waals surface area contributed by atoms with E-state index >= 15 is 0 Å². The summed E-state index contributed by atoms with van der Waals surface area (Å²) in [5.41, 5.74) is 2.87. The third kappa shape index (κ3) is 4.77. The minimum Gasteiger partial charge on any atom is -0.444 e. The highest BCUT2D eigenvalue weighted by atomic mass is 19.1. The molecule has 30 heavy (non-hydrogen) atoms. The fourth-order valence-electron chi connectivity index (χ4n) is 3.31. The summed E-state index contributed by atoms with van der Waals surface area (Å²) in [6.07, 6.45) is -0.328. The fourth-order valence-corrected chi connectivity index (χ4v) is 3.31. The van der Waals surface area contributed by atoms with Crippen LogP contribution in [-0.2, 0) is 22.4 Å². The molecule has 0 saturated heterocycles. The van der Waals surface area contributed by atoms with Crippen molar-refractivity contribution < 1.29 is 18.7 Å². The van der Waals surface area contributed by atoms with E-state index in [9.17, 15) is 19.2 Å². The smallest absolute Gasteiger partial charge is 0.408 e. The summed E-state index contributed by atoms with van der Waals surface area (Å²) in [5.74, 6) is -0.438. The Balaban J connectivity index is 1.75. The largest absolute Gasteiger partial charge is 0.444 e. The van der Waals surface area contributed by atoms with Gasteiger partial charge in [0.2, 0.25) is 5.91 Å². The van der Waals surface area contributed by atoms with E-state index in [-0.39, 0.29) is 12.3 Å². The van der Waals surface area contributed by atoms with Crippen molar-refractivity contribution in [3.8, 4) is 17.2 Å². The number of halogens is 1. The molecule has 1 aliphatic heterocycles. The number of anilines is 1. The first kappa shape index (κ1) is 21.3. The summed E-state index contributed by atoms with van der Waals surface area (Å²) in [6, 6.07) is 11.4. The highest BCUT2D eigenvalue weighted by Gasteiger charge is 2.24. The van der Waals surface area contributed by atoms with Gasteiger partial charge in [-0.2, -0.15) is 5.26 Å². The zero-order valence-corrected chi connectivity index (χ0v) is 17.5. The molecule has 0 bridgehead atoms. The molecule has 2 amide bonds. The van der Waals surface area contributed by atoms with Gasteiger partial charge in [0.15, 0.2) is 0 Å². The number of rotatable bonds is 4. The van der Waals surface area contributed by atoms with Crippen LogP contribution in [0.15, 0.2) is 36.4 Å². The van der Waals surface area contributed by atoms with Crippen LogP contribution in [0.5, 0.6) is 0 Å². The van der Waals surface area contributed by atoms with Crippen LogP contribution < -0.4 is 10.2 Å². The van der Waals surface area contributed by atoms with Crippen LogP contribution >= 0.6 is 0 Å². The Morgan fingerprint density at radius 2 is 1.93 bits per heavy atom. The van der Waals surface area contributed by atoms with Crippen molar-refractivity contribution in [2.75, 3.05) is 11.9 Å². The number of fused-ring (bicyclic) bond motifs is 1. The SMILES string of the molecule is CN1C(=O)Cc2ccc(-c3ccc(C[C@@H](C#N)NC(=O)OC(C)(C)C)c(F)c3)cc21. The van der Waals surface area contributed by atoms with Gasteiger partial charge in [-0.1, -0.05) is 24.3 Å². The number of hydrogen-bond donors (Lipinski definition) is 1. The first-order valence-electron chi connectivity index (χ1n) is 9.65. The normalized spacial score (nSPS) is 14.1. The van der Waals surface area contributed by atoms with Crippen LogP contribution in [0, 0.1) is 17.1 Å². The van der Waals surface area contributed by atoms with E-state index in [1.165, 1.54) is 6.07 Å². The Kier molecular flexibility index (Phi) is 5.79. The predicted molar refractivity (Wildman–Crippen MR) is 111 cm³/mol. The van der Waals surface area contributed by atoms with E-state index in [4.69, 9.17) is 4.74 Å². The summed E-state index contributed by atoms with van der Waals surface area (Å²) >= 11 is 0. The Morgan fingerprint density at radius 3 is 2.57 bits per heavy atom. The highest BCUT2D eigenvalue weighted by molar-refractivity contribution is 6.01. The Hall–Kier alpha value is -3.40. The molecule has 0 unspecified atom stereocenters. The average molecular weight is 409 g/mol. The van der Waals surface area contributed by atoms with Crippen LogP contribution in [0.2, 0.25) is 0 Å². The maximum atomic E-state index is 14.7. The van der Waals surface area contributed by atoms with Gasteiger partial charge in [0.1, 0.15) is 17.5 Å². The molecule has 3 rings (SSSR count). The molecule has 0 fully saturated rings. The van der Waals surface area contributed by atoms with Crippen molar-refractivity contribution in [3.63, 3.8) is 0 Å². The van der Waals surface area contributed by atoms with Crippen LogP contribution in [0.4, 0.5) is 14.9 Å². The summed E-state index contributed by atoms with van der Waals surface area (Å²) in [5, 5.41) is 11.8. The molecule has 0 saturated carbocycles. The predicted octanol–water partition coefficient (Wildman–Crippen LogP) is 3.97. The van der Waals surface area contributed by atoms with Crippen molar-refractivity contribution in [2.45, 2.75) is 45.3 Å². The first-order valence-corrected chi connectivity index (χ1v) is 9.65. The molecule has 1 aliphatic rings. The summed E-state index contributed by atoms with van der Waals surface area (Å²) in [6.45, 7) is 5.16. The van der Waals surface area contributed by atoms with Crippen LogP contribution in [0.25, 0.3) is 11.1 Å². The molecular weight excluding hydrogens is 385 g/mol. The second-order valence-electron chi connectivity index (χ2n) is 8.31. The number of ether oxygens (including phenoxy) is 1. The number of nitrogens with one attached hydrogen (secondary N) is 1. The second kappa shape index (κ2) is 8.15. The number of benzene rings is 2. The Labute approximate surface area is 175 Å². The second-order valence-corrected chi connectivity index (χ2v) is 8.31. The lowest BCUT2D eigenvalue weighted by Gasteiger charge is -2.21. The molecule has 0 spiro atoms. The van der Waals surface area contributed by atoms with E-state index in [0.29, 0.717) is 17.5 Å². The maximum Gasteiger partial charge on any atom is 0.408 e. The zero-order valence-electron chi connectivity index (χ0n) is 17.5. The Morgan fingerprint density at radius 1 is 1.27 bits per heavy atom. The number of nitrogens with zero attached hydrogens (tertiary/aromatic N) is 2. The molecule has 0 aliphatic carbocycles. The number of carbonyl (C=O) groups is 2. The Bertz CT molecular complexity index is 1040. The van der Waals surface area contributed by atoms with E-state index in [1.54, 1.807) is 44.9 Å². The standard InChI is InChI=1S/C23H24FN3O3/c1-23(2,3)30-22(29)26-18(13-25)9-16-7-5-14(10-19(16)24)15-6-8-17-12-21(28)27(4)20(17)11-15/h5-8,10-11,18H,9,12H2,1-4H3,(H,26,29)/t18-/m0/s1. The van der Waals surface area contributed by atoms with Gasteiger partial charge in [-0.3, -0.25) is 4.79 Å². The van der Waals surface area contributed by atoms with Gasteiger partial charge in [0.05, 0.1) is 12.5 Å². The molecule has 0 radical (unpaired) electrons. The van der Waals surface area contributed by atoms with Crippen LogP contribution in [0.3, 0.4) is 0 Å². The molecule has 2 aromatic rings. The van der Waals surface area contributed by atoms with E-state index in [2.05, 4.69) is 5.32 Å². The molecule has 1 heterocycles. The van der Waals surface area contributed by atoms with Crippen molar-refractivity contribution in [3.05, 3.63) is 53.3 Å². The van der Waals surface area contributed by atoms with Gasteiger partial charge in [0.25, 0.3) is 0 Å². The summed E-state index contributed by atoms with van der Waals surface area (Å²) < 4.78 is 19.9. The van der Waals surface area contributed by atoms with Gasteiger partial charge in [0, 0.05) is 19.2 Å². The van der Waals surface area contributed by atoms with Crippen LogP contribution in [0.1, 0.15) is 31.9 Å². The topological polar surface area (TPSA) is 82.4 Å². The van der Waals surface area contributed by atoms with Crippen molar-refractivity contribution in [1.29, 1.82) is 5.26 Å². The number of carbonyl (C=O) groups excluding carboxylic acids is 2. The lowest BCUT2D eigenvalue weighted by atomic mass is 9.98. The van der Waals surface area contributed by atoms with E-state index in [1.807, 2.05) is 24.3 Å². The molecule has 2 aromatic carbocycles. The van der Waals surface area contributed by atoms with Crippen LogP contribution in [-0.4, -0.2) is 30.7 Å². The molecule has 1 N–H and O–H groups in total. The lowest BCUT2D eigenvalue weighted by molar-refractivity contribution is -0.117. The first-order chi connectivity index (χ1) is 14.1. The van der Waals surface area contributed by atoms with E-state index in [0.717, 1.165) is 16.8 Å². The minimum absolute atomic E-state index is 0.0171. The van der Waals surface area contributed by atoms with Crippen molar-refractivity contribution >= 4 is 17.7 Å². The molecule has 156 valence electrons. The molecule has 0 aromatic heterocycles. The van der Waals surface area contributed by atoms with Crippen molar-refractivity contribution in [1.82, 2.24) is 5.32 Å². The zero-order chi connectivity index (χ0) is 22.1. The summed E-state index contributed by atoms with van der Waals surface area (Å²) in [7, 11) is 1.72. The minimum atomic E-state index is -0.917. The van der Waals surface area contributed by atoms with Gasteiger partial charge < -0.3 is 15.0 Å².